The van der Waals surface area contributed by atoms with Gasteiger partial charge in [0.05, 0.1) is 11.2 Å². The molecular weight excluding hydrogens is 320 g/mol. The monoisotopic (exact) mass is 334 g/mol. The number of para-hydroxylation sites is 1. The Labute approximate surface area is 142 Å². The minimum Gasteiger partial charge on any atom is -0.269 e. The maximum atomic E-state index is 12.3. The van der Waals surface area contributed by atoms with Gasteiger partial charge >= 0.3 is 0 Å². The van der Waals surface area contributed by atoms with E-state index in [1.165, 1.54) is 0 Å². The molecule has 0 amide bonds. The molecule has 4 aromatic rings. The van der Waals surface area contributed by atoms with Gasteiger partial charge in [0.25, 0.3) is 5.56 Å². The van der Waals surface area contributed by atoms with Crippen molar-refractivity contribution in [3.63, 3.8) is 0 Å². The van der Waals surface area contributed by atoms with Crippen molar-refractivity contribution in [3.8, 4) is 0 Å². The third-order valence-corrected chi connectivity index (χ3v) is 4.76. The van der Waals surface area contributed by atoms with E-state index in [-0.39, 0.29) is 5.56 Å². The number of thioether (sulfide) groups is 1. The summed E-state index contributed by atoms with van der Waals surface area (Å²) in [7, 11) is 0. The summed E-state index contributed by atoms with van der Waals surface area (Å²) in [5.41, 5.74) is 3.29. The van der Waals surface area contributed by atoms with Crippen LogP contribution in [0.2, 0.25) is 0 Å². The molecule has 0 aliphatic rings. The molecule has 0 radical (unpaired) electrons. The zero-order valence-electron chi connectivity index (χ0n) is 13.0. The summed E-state index contributed by atoms with van der Waals surface area (Å²) in [5, 5.41) is 1.91. The van der Waals surface area contributed by atoms with Gasteiger partial charge in [0, 0.05) is 23.4 Å². The number of benzene rings is 1. The smallest absolute Gasteiger partial charge is 0.258 e. The number of hydrogen-bond acceptors (Lipinski definition) is 5. The first-order chi connectivity index (χ1) is 11.7. The van der Waals surface area contributed by atoms with E-state index in [0.29, 0.717) is 11.4 Å². The second-order valence-electron chi connectivity index (χ2n) is 5.51. The highest BCUT2D eigenvalue weighted by Crippen LogP contribution is 2.26. The van der Waals surface area contributed by atoms with Crippen molar-refractivity contribution in [2.45, 2.75) is 17.7 Å². The van der Waals surface area contributed by atoms with Crippen LogP contribution in [0.15, 0.2) is 64.8 Å². The molecule has 0 N–H and O–H groups in total. The highest BCUT2D eigenvalue weighted by atomic mass is 32.2. The Balaban J connectivity index is 1.67. The molecule has 1 aromatic carbocycles. The zero-order chi connectivity index (χ0) is 16.5. The lowest BCUT2D eigenvalue weighted by molar-refractivity contribution is 1.000. The van der Waals surface area contributed by atoms with Crippen molar-refractivity contribution in [2.75, 3.05) is 0 Å². The topological polar surface area (TPSA) is 60.2 Å². The van der Waals surface area contributed by atoms with Crippen LogP contribution in [0, 0.1) is 6.92 Å². The summed E-state index contributed by atoms with van der Waals surface area (Å²) in [6, 6.07) is 13.3. The molecule has 118 valence electrons. The lowest BCUT2D eigenvalue weighted by atomic mass is 10.2. The normalized spacial score (nSPS) is 11.2. The van der Waals surface area contributed by atoms with Crippen molar-refractivity contribution in [3.05, 3.63) is 76.6 Å². The first kappa shape index (κ1) is 14.8. The number of fused-ring (bicyclic) bond motifs is 2. The predicted molar refractivity (Wildman–Crippen MR) is 95.3 cm³/mol. The van der Waals surface area contributed by atoms with Crippen LogP contribution in [-0.4, -0.2) is 19.4 Å². The van der Waals surface area contributed by atoms with Gasteiger partial charge in [-0.15, -0.1) is 0 Å². The van der Waals surface area contributed by atoms with Crippen LogP contribution in [0.1, 0.15) is 11.3 Å². The Morgan fingerprint density at radius 3 is 2.92 bits per heavy atom. The Morgan fingerprint density at radius 2 is 2.00 bits per heavy atom. The molecule has 0 saturated carbocycles. The van der Waals surface area contributed by atoms with Crippen LogP contribution in [0.4, 0.5) is 0 Å². The molecule has 0 unspecified atom stereocenters. The molecule has 3 heterocycles. The van der Waals surface area contributed by atoms with E-state index in [0.717, 1.165) is 27.2 Å². The SMILES string of the molecule is Cc1ccc2nc(CSc3ncnc4ccccc34)cc(=O)n2c1. The fraction of sp³-hybridized carbons (Fsp3) is 0.111. The van der Waals surface area contributed by atoms with Gasteiger partial charge in [-0.3, -0.25) is 9.20 Å². The number of aryl methyl sites for hydroxylation is 1. The molecule has 0 aliphatic heterocycles. The van der Waals surface area contributed by atoms with Crippen LogP contribution in [-0.2, 0) is 5.75 Å². The molecule has 0 fully saturated rings. The number of aromatic nitrogens is 4. The summed E-state index contributed by atoms with van der Waals surface area (Å²) in [5.74, 6) is 0.584. The van der Waals surface area contributed by atoms with Crippen LogP contribution in [0.25, 0.3) is 16.6 Å². The second-order valence-corrected chi connectivity index (χ2v) is 6.47. The van der Waals surface area contributed by atoms with Crippen molar-refractivity contribution in [2.24, 2.45) is 0 Å². The van der Waals surface area contributed by atoms with Crippen molar-refractivity contribution in [1.29, 1.82) is 0 Å². The summed E-state index contributed by atoms with van der Waals surface area (Å²) < 4.78 is 1.57. The first-order valence-electron chi connectivity index (χ1n) is 7.52. The molecule has 0 spiro atoms. The van der Waals surface area contributed by atoms with E-state index < -0.39 is 0 Å². The minimum absolute atomic E-state index is 0.0631. The highest BCUT2D eigenvalue weighted by Gasteiger charge is 2.07. The van der Waals surface area contributed by atoms with E-state index in [1.54, 1.807) is 34.8 Å². The van der Waals surface area contributed by atoms with E-state index in [4.69, 9.17) is 0 Å². The van der Waals surface area contributed by atoms with Gasteiger partial charge in [-0.1, -0.05) is 36.0 Å². The maximum absolute atomic E-state index is 12.3. The molecular formula is C18H14N4OS. The van der Waals surface area contributed by atoms with Crippen LogP contribution in [0.5, 0.6) is 0 Å². The second kappa shape index (κ2) is 6.05. The van der Waals surface area contributed by atoms with Crippen LogP contribution in [0.3, 0.4) is 0 Å². The number of hydrogen-bond donors (Lipinski definition) is 0. The fourth-order valence-corrected chi connectivity index (χ4v) is 3.45. The highest BCUT2D eigenvalue weighted by molar-refractivity contribution is 7.98. The third-order valence-electron chi connectivity index (χ3n) is 3.72. The molecule has 0 aliphatic carbocycles. The van der Waals surface area contributed by atoms with Gasteiger partial charge < -0.3 is 0 Å². The standard InChI is InChI=1S/C18H14N4OS/c1-12-6-7-16-21-13(8-17(23)22(16)9-12)10-24-18-14-4-2-3-5-15(14)19-11-20-18/h2-9,11H,10H2,1H3. The third kappa shape index (κ3) is 2.76. The first-order valence-corrected chi connectivity index (χ1v) is 8.51. The number of rotatable bonds is 3. The van der Waals surface area contributed by atoms with Crippen molar-refractivity contribution >= 4 is 28.3 Å². The minimum atomic E-state index is -0.0631. The van der Waals surface area contributed by atoms with Gasteiger partial charge in [-0.2, -0.15) is 0 Å². The molecule has 4 rings (SSSR count). The zero-order valence-corrected chi connectivity index (χ0v) is 13.8. The Hall–Kier alpha value is -2.73. The Morgan fingerprint density at radius 1 is 1.12 bits per heavy atom. The molecule has 24 heavy (non-hydrogen) atoms. The van der Waals surface area contributed by atoms with Crippen molar-refractivity contribution < 1.29 is 0 Å². The molecule has 5 nitrogen and oxygen atoms in total. The summed E-state index contributed by atoms with van der Waals surface area (Å²) >= 11 is 1.56. The molecule has 0 atom stereocenters. The van der Waals surface area contributed by atoms with Crippen LogP contribution >= 0.6 is 11.8 Å². The molecule has 0 bridgehead atoms. The molecule has 3 aromatic heterocycles. The quantitative estimate of drug-likeness (QED) is 0.425. The van der Waals surface area contributed by atoms with E-state index in [1.807, 2.05) is 43.3 Å². The summed E-state index contributed by atoms with van der Waals surface area (Å²) in [6.07, 6.45) is 3.37. The Kier molecular flexibility index (Phi) is 3.74. The van der Waals surface area contributed by atoms with E-state index in [9.17, 15) is 4.79 Å². The van der Waals surface area contributed by atoms with Gasteiger partial charge in [0.2, 0.25) is 0 Å². The van der Waals surface area contributed by atoms with E-state index >= 15 is 0 Å². The number of pyridine rings is 1. The fourth-order valence-electron chi connectivity index (χ4n) is 2.57. The lowest BCUT2D eigenvalue weighted by Crippen LogP contribution is -2.15. The van der Waals surface area contributed by atoms with Gasteiger partial charge in [-0.25, -0.2) is 15.0 Å². The predicted octanol–water partition coefficient (Wildman–Crippen LogP) is 3.24. The maximum Gasteiger partial charge on any atom is 0.258 e. The average molecular weight is 334 g/mol. The molecule has 0 saturated heterocycles. The van der Waals surface area contributed by atoms with Gasteiger partial charge in [0.15, 0.2) is 0 Å². The number of nitrogens with zero attached hydrogens (tertiary/aromatic N) is 4. The average Bonchev–Trinajstić information content (AvgIpc) is 2.60. The Bertz CT molecular complexity index is 1100. The summed E-state index contributed by atoms with van der Waals surface area (Å²) in [6.45, 7) is 1.95. The summed E-state index contributed by atoms with van der Waals surface area (Å²) in [4.78, 5) is 25.5. The van der Waals surface area contributed by atoms with Crippen LogP contribution < -0.4 is 5.56 Å². The van der Waals surface area contributed by atoms with Gasteiger partial charge in [0.1, 0.15) is 17.0 Å². The van der Waals surface area contributed by atoms with Crippen molar-refractivity contribution in [1.82, 2.24) is 19.4 Å². The molecule has 6 heteroatoms. The largest absolute Gasteiger partial charge is 0.269 e. The lowest BCUT2D eigenvalue weighted by Gasteiger charge is -2.06. The van der Waals surface area contributed by atoms with Gasteiger partial charge in [-0.05, 0) is 24.6 Å². The van der Waals surface area contributed by atoms with E-state index in [2.05, 4.69) is 15.0 Å².